The Morgan fingerprint density at radius 3 is 2.27 bits per heavy atom. The standard InChI is InChI=1S/C36H43F2N5O7S/c1-4-16-40-17-13-25(14-18-40)41-19-21-42(22-20-41)35(45)50-36(26-10-9-15-39-33(26)49-6-3)27-23-28(37)29(38)24-30(27)43(34(36)44)51(46,47)32-12-8-7-11-31(32)48-5-2/h7-12,15,23-25H,4-6,13-14,16-22H2,1-3H3. The van der Waals surface area contributed by atoms with Crippen LogP contribution in [-0.2, 0) is 25.2 Å². The van der Waals surface area contributed by atoms with Gasteiger partial charge in [0, 0.05) is 50.0 Å². The predicted octanol–water partition coefficient (Wildman–Crippen LogP) is 4.76. The quantitative estimate of drug-likeness (QED) is 0.273. The Labute approximate surface area is 296 Å². The molecular formula is C36H43F2N5O7S. The Balaban J connectivity index is 1.40. The highest BCUT2D eigenvalue weighted by Gasteiger charge is 2.62. The van der Waals surface area contributed by atoms with Crippen LogP contribution in [0.3, 0.4) is 0 Å². The van der Waals surface area contributed by atoms with Crippen molar-refractivity contribution in [3.8, 4) is 11.6 Å². The normalized spacial score (nSPS) is 20.4. The van der Waals surface area contributed by atoms with Crippen LogP contribution < -0.4 is 13.8 Å². The van der Waals surface area contributed by atoms with Crippen LogP contribution >= 0.6 is 0 Å². The van der Waals surface area contributed by atoms with Crippen molar-refractivity contribution in [1.29, 1.82) is 0 Å². The van der Waals surface area contributed by atoms with E-state index in [-0.39, 0.29) is 43.5 Å². The predicted molar refractivity (Wildman–Crippen MR) is 184 cm³/mol. The first kappa shape index (κ1) is 36.5. The summed E-state index contributed by atoms with van der Waals surface area (Å²) in [5.41, 5.74) is -3.70. The molecule has 2 fully saturated rings. The van der Waals surface area contributed by atoms with E-state index in [1.807, 2.05) is 0 Å². The third-order valence-corrected chi connectivity index (χ3v) is 11.4. The number of aromatic nitrogens is 1. The number of rotatable bonds is 11. The molecule has 1 atom stereocenters. The largest absolute Gasteiger partial charge is 0.492 e. The second kappa shape index (κ2) is 15.1. The lowest BCUT2D eigenvalue weighted by Crippen LogP contribution is -2.56. The van der Waals surface area contributed by atoms with E-state index in [9.17, 15) is 18.0 Å². The fourth-order valence-electron chi connectivity index (χ4n) is 7.24. The molecule has 1 aromatic heterocycles. The third kappa shape index (κ3) is 6.74. The molecule has 3 aliphatic rings. The molecule has 1 unspecified atom stereocenters. The lowest BCUT2D eigenvalue weighted by Gasteiger charge is -2.43. The Morgan fingerprint density at radius 2 is 1.59 bits per heavy atom. The number of amides is 2. The SMILES string of the molecule is CCCN1CCC(N2CCN(C(=O)OC3(c4cccnc4OCC)C(=O)N(S(=O)(=O)c4ccccc4OCC)c4cc(F)c(F)cc43)CC2)CC1. The minimum Gasteiger partial charge on any atom is -0.492 e. The first-order valence-electron chi connectivity index (χ1n) is 17.4. The van der Waals surface area contributed by atoms with Crippen LogP contribution in [-0.4, -0.2) is 105 Å². The van der Waals surface area contributed by atoms with Gasteiger partial charge in [-0.1, -0.05) is 19.1 Å². The number of benzene rings is 2. The topological polar surface area (TPSA) is 122 Å². The molecule has 0 spiro atoms. The van der Waals surface area contributed by atoms with Crippen LogP contribution in [0.2, 0.25) is 0 Å². The number of para-hydroxylation sites is 1. The number of ether oxygens (including phenoxy) is 3. The summed E-state index contributed by atoms with van der Waals surface area (Å²) in [7, 11) is -4.88. The zero-order valence-electron chi connectivity index (χ0n) is 29.0. The van der Waals surface area contributed by atoms with Gasteiger partial charge in [-0.2, -0.15) is 4.31 Å². The molecule has 3 aromatic rings. The number of likely N-dealkylation sites (tertiary alicyclic amines) is 1. The summed E-state index contributed by atoms with van der Waals surface area (Å²) < 4.78 is 77.0. The third-order valence-electron chi connectivity index (χ3n) is 9.65. The molecule has 0 N–H and O–H groups in total. The van der Waals surface area contributed by atoms with Gasteiger partial charge in [-0.15, -0.1) is 0 Å². The summed E-state index contributed by atoms with van der Waals surface area (Å²) in [4.78, 5) is 39.3. The van der Waals surface area contributed by atoms with Crippen LogP contribution in [0.15, 0.2) is 59.6 Å². The smallest absolute Gasteiger partial charge is 0.411 e. The Bertz CT molecular complexity index is 1870. The molecule has 0 saturated carbocycles. The van der Waals surface area contributed by atoms with Gasteiger partial charge in [-0.3, -0.25) is 9.69 Å². The second-order valence-electron chi connectivity index (χ2n) is 12.7. The molecule has 4 heterocycles. The lowest BCUT2D eigenvalue weighted by atomic mass is 9.87. The molecule has 3 aliphatic heterocycles. The van der Waals surface area contributed by atoms with Crippen molar-refractivity contribution in [2.45, 2.75) is 56.6 Å². The van der Waals surface area contributed by atoms with Crippen molar-refractivity contribution in [2.24, 2.45) is 0 Å². The summed E-state index contributed by atoms with van der Waals surface area (Å²) in [6, 6.07) is 10.2. The van der Waals surface area contributed by atoms with Crippen molar-refractivity contribution in [3.05, 3.63) is 77.5 Å². The molecule has 2 saturated heterocycles. The number of sulfonamides is 1. The average molecular weight is 728 g/mol. The summed E-state index contributed by atoms with van der Waals surface area (Å²) in [6.45, 7) is 10.5. The van der Waals surface area contributed by atoms with Gasteiger partial charge >= 0.3 is 6.09 Å². The summed E-state index contributed by atoms with van der Waals surface area (Å²) in [5.74, 6) is -4.29. The fraction of sp³-hybridized carbons (Fsp3) is 0.472. The van der Waals surface area contributed by atoms with E-state index < -0.39 is 55.4 Å². The molecule has 12 nitrogen and oxygen atoms in total. The first-order valence-corrected chi connectivity index (χ1v) is 18.8. The van der Waals surface area contributed by atoms with E-state index in [0.29, 0.717) is 35.6 Å². The van der Waals surface area contributed by atoms with Gasteiger partial charge in [0.05, 0.1) is 24.5 Å². The zero-order valence-corrected chi connectivity index (χ0v) is 29.8. The first-order chi connectivity index (χ1) is 24.6. The van der Waals surface area contributed by atoms with Crippen molar-refractivity contribution in [3.63, 3.8) is 0 Å². The van der Waals surface area contributed by atoms with E-state index >= 15 is 8.78 Å². The van der Waals surface area contributed by atoms with Crippen LogP contribution in [0.1, 0.15) is 51.2 Å². The molecule has 0 radical (unpaired) electrons. The Kier molecular flexibility index (Phi) is 10.8. The highest BCUT2D eigenvalue weighted by atomic mass is 32.2. The van der Waals surface area contributed by atoms with Crippen molar-refractivity contribution < 1.29 is 41.0 Å². The molecule has 15 heteroatoms. The number of nitrogens with zero attached hydrogens (tertiary/aromatic N) is 5. The lowest BCUT2D eigenvalue weighted by molar-refractivity contribution is -0.132. The van der Waals surface area contributed by atoms with E-state index in [0.717, 1.165) is 38.9 Å². The molecule has 51 heavy (non-hydrogen) atoms. The summed E-state index contributed by atoms with van der Waals surface area (Å²) >= 11 is 0. The highest BCUT2D eigenvalue weighted by molar-refractivity contribution is 7.93. The van der Waals surface area contributed by atoms with Gasteiger partial charge in [-0.05, 0) is 83.1 Å². The maximum atomic E-state index is 15.2. The maximum Gasteiger partial charge on any atom is 0.411 e. The average Bonchev–Trinajstić information content (AvgIpc) is 3.36. The molecule has 0 bridgehead atoms. The maximum absolute atomic E-state index is 15.2. The minimum atomic E-state index is -4.88. The summed E-state index contributed by atoms with van der Waals surface area (Å²) in [6.07, 6.45) is 3.61. The molecular weight excluding hydrogens is 684 g/mol. The van der Waals surface area contributed by atoms with Crippen LogP contribution in [0.25, 0.3) is 0 Å². The molecule has 274 valence electrons. The van der Waals surface area contributed by atoms with E-state index in [2.05, 4.69) is 21.7 Å². The molecule has 6 rings (SSSR count). The number of anilines is 1. The number of pyridine rings is 1. The Morgan fingerprint density at radius 1 is 0.902 bits per heavy atom. The number of hydrogen-bond acceptors (Lipinski definition) is 10. The number of halogens is 2. The number of carbonyl (C=O) groups excluding carboxylic acids is 2. The molecule has 2 amide bonds. The highest BCUT2D eigenvalue weighted by Crippen LogP contribution is 2.52. The van der Waals surface area contributed by atoms with Crippen molar-refractivity contribution >= 4 is 27.7 Å². The van der Waals surface area contributed by atoms with Crippen LogP contribution in [0.4, 0.5) is 19.3 Å². The number of piperazine rings is 1. The van der Waals surface area contributed by atoms with Crippen molar-refractivity contribution in [2.75, 3.05) is 63.3 Å². The number of hydrogen-bond donors (Lipinski definition) is 0. The van der Waals surface area contributed by atoms with Gasteiger partial charge in [0.15, 0.2) is 11.6 Å². The minimum absolute atomic E-state index is 0.0586. The Hall–Kier alpha value is -4.34. The summed E-state index contributed by atoms with van der Waals surface area (Å²) in [5, 5.41) is 0. The molecule has 2 aromatic carbocycles. The van der Waals surface area contributed by atoms with E-state index in [4.69, 9.17) is 14.2 Å². The van der Waals surface area contributed by atoms with Crippen molar-refractivity contribution in [1.82, 2.24) is 19.7 Å². The van der Waals surface area contributed by atoms with Gasteiger partial charge in [-0.25, -0.2) is 27.0 Å². The number of piperidine rings is 1. The monoisotopic (exact) mass is 727 g/mol. The van der Waals surface area contributed by atoms with Gasteiger partial charge in [0.1, 0.15) is 10.6 Å². The zero-order chi connectivity index (χ0) is 36.3. The number of carbonyl (C=O) groups is 2. The number of fused-ring (bicyclic) bond motifs is 1. The fourth-order valence-corrected chi connectivity index (χ4v) is 8.83. The van der Waals surface area contributed by atoms with Crippen LogP contribution in [0, 0.1) is 11.6 Å². The van der Waals surface area contributed by atoms with Gasteiger partial charge in [0.2, 0.25) is 5.88 Å². The second-order valence-corrected chi connectivity index (χ2v) is 14.4. The van der Waals surface area contributed by atoms with E-state index in [1.54, 1.807) is 19.9 Å². The van der Waals surface area contributed by atoms with Crippen LogP contribution in [0.5, 0.6) is 11.6 Å². The van der Waals surface area contributed by atoms with Gasteiger partial charge < -0.3 is 24.0 Å². The van der Waals surface area contributed by atoms with E-state index in [1.165, 1.54) is 41.4 Å². The van der Waals surface area contributed by atoms with Gasteiger partial charge in [0.25, 0.3) is 21.5 Å². The molecule has 0 aliphatic carbocycles.